The maximum absolute atomic E-state index is 10.00. The summed E-state index contributed by atoms with van der Waals surface area (Å²) in [6.45, 7) is 2.12. The van der Waals surface area contributed by atoms with Crippen LogP contribution in [0.4, 0.5) is 0 Å². The summed E-state index contributed by atoms with van der Waals surface area (Å²) in [5.74, 6) is 0.812. The first-order valence-electron chi connectivity index (χ1n) is 5.59. The highest BCUT2D eigenvalue weighted by Crippen LogP contribution is 2.19. The molecule has 16 heavy (non-hydrogen) atoms. The molecule has 84 valence electrons. The Balaban J connectivity index is 2.05. The van der Waals surface area contributed by atoms with Gasteiger partial charge in [-0.2, -0.15) is 0 Å². The van der Waals surface area contributed by atoms with Gasteiger partial charge in [0.2, 0.25) is 0 Å². The van der Waals surface area contributed by atoms with Gasteiger partial charge in [0.25, 0.3) is 0 Å². The van der Waals surface area contributed by atoms with Crippen LogP contribution in [0.25, 0.3) is 0 Å². The van der Waals surface area contributed by atoms with Crippen LogP contribution in [0.2, 0.25) is 0 Å². The van der Waals surface area contributed by atoms with Crippen molar-refractivity contribution in [3.05, 3.63) is 59.5 Å². The molecule has 0 aliphatic rings. The van der Waals surface area contributed by atoms with Gasteiger partial charge in [0, 0.05) is 6.42 Å². The molecule has 0 aliphatic carbocycles. The number of furan rings is 1. The average molecular weight is 216 g/mol. The first-order chi connectivity index (χ1) is 7.79. The molecule has 2 heteroatoms. The summed E-state index contributed by atoms with van der Waals surface area (Å²) in [5, 5.41) is 10.00. The van der Waals surface area contributed by atoms with E-state index in [4.69, 9.17) is 4.42 Å². The lowest BCUT2D eigenvalue weighted by molar-refractivity contribution is 0.170. The molecule has 1 heterocycles. The van der Waals surface area contributed by atoms with Crippen LogP contribution in [0.15, 0.2) is 47.1 Å². The summed E-state index contributed by atoms with van der Waals surface area (Å²) in [5.41, 5.74) is 2.22. The van der Waals surface area contributed by atoms with E-state index in [2.05, 4.69) is 19.1 Å². The third kappa shape index (κ3) is 2.52. The molecule has 1 atom stereocenters. The zero-order valence-corrected chi connectivity index (χ0v) is 9.39. The highest BCUT2D eigenvalue weighted by Gasteiger charge is 2.09. The van der Waals surface area contributed by atoms with Gasteiger partial charge < -0.3 is 9.52 Å². The molecule has 1 unspecified atom stereocenters. The first-order valence-corrected chi connectivity index (χ1v) is 5.59. The van der Waals surface area contributed by atoms with Crippen LogP contribution >= 0.6 is 0 Å². The van der Waals surface area contributed by atoms with Crippen molar-refractivity contribution in [1.29, 1.82) is 0 Å². The molecule has 0 fully saturated rings. The normalized spacial score (nSPS) is 12.6. The van der Waals surface area contributed by atoms with Crippen LogP contribution in [0.3, 0.4) is 0 Å². The Hall–Kier alpha value is -1.54. The standard InChI is InChI=1S/C14H16O2/c1-2-11-5-7-12(8-6-11)14(15)10-13-4-3-9-16-13/h3-9,14-15H,2,10H2,1H3. The lowest BCUT2D eigenvalue weighted by atomic mass is 10.0. The third-order valence-corrected chi connectivity index (χ3v) is 2.75. The van der Waals surface area contributed by atoms with Gasteiger partial charge in [-0.15, -0.1) is 0 Å². The van der Waals surface area contributed by atoms with E-state index in [1.165, 1.54) is 5.56 Å². The van der Waals surface area contributed by atoms with E-state index in [1.807, 2.05) is 24.3 Å². The van der Waals surface area contributed by atoms with Gasteiger partial charge >= 0.3 is 0 Å². The molecule has 0 saturated carbocycles. The molecular weight excluding hydrogens is 200 g/mol. The van der Waals surface area contributed by atoms with Crippen molar-refractivity contribution in [2.75, 3.05) is 0 Å². The molecule has 0 radical (unpaired) electrons. The van der Waals surface area contributed by atoms with Crippen LogP contribution < -0.4 is 0 Å². The van der Waals surface area contributed by atoms with Crippen molar-refractivity contribution in [3.63, 3.8) is 0 Å². The summed E-state index contributed by atoms with van der Waals surface area (Å²) in [7, 11) is 0. The number of aryl methyl sites for hydroxylation is 1. The van der Waals surface area contributed by atoms with E-state index in [9.17, 15) is 5.11 Å². The molecule has 1 aromatic heterocycles. The number of rotatable bonds is 4. The number of hydrogen-bond acceptors (Lipinski definition) is 2. The van der Waals surface area contributed by atoms with Crippen LogP contribution in [0.1, 0.15) is 29.9 Å². The van der Waals surface area contributed by atoms with Gasteiger partial charge in [0.1, 0.15) is 5.76 Å². The molecule has 0 bridgehead atoms. The largest absolute Gasteiger partial charge is 0.469 e. The van der Waals surface area contributed by atoms with Gasteiger partial charge in [-0.3, -0.25) is 0 Å². The number of benzene rings is 1. The Morgan fingerprint density at radius 1 is 1.19 bits per heavy atom. The second-order valence-electron chi connectivity index (χ2n) is 3.89. The average Bonchev–Trinajstić information content (AvgIpc) is 2.82. The summed E-state index contributed by atoms with van der Waals surface area (Å²) < 4.78 is 5.21. The Bertz CT molecular complexity index is 415. The summed E-state index contributed by atoms with van der Waals surface area (Å²) in [6, 6.07) is 11.8. The smallest absolute Gasteiger partial charge is 0.106 e. The number of aliphatic hydroxyl groups excluding tert-OH is 1. The summed E-state index contributed by atoms with van der Waals surface area (Å²) >= 11 is 0. The lowest BCUT2D eigenvalue weighted by Gasteiger charge is -2.09. The second kappa shape index (κ2) is 4.99. The van der Waals surface area contributed by atoms with Crippen molar-refractivity contribution >= 4 is 0 Å². The highest BCUT2D eigenvalue weighted by atomic mass is 16.3. The molecule has 0 saturated heterocycles. The second-order valence-corrected chi connectivity index (χ2v) is 3.89. The van der Waals surface area contributed by atoms with Crippen molar-refractivity contribution < 1.29 is 9.52 Å². The highest BCUT2D eigenvalue weighted by molar-refractivity contribution is 5.24. The zero-order chi connectivity index (χ0) is 11.4. The fraction of sp³-hybridized carbons (Fsp3) is 0.286. The van der Waals surface area contributed by atoms with Gasteiger partial charge in [-0.1, -0.05) is 31.2 Å². The third-order valence-electron chi connectivity index (χ3n) is 2.75. The lowest BCUT2D eigenvalue weighted by Crippen LogP contribution is -2.00. The SMILES string of the molecule is CCc1ccc(C(O)Cc2ccco2)cc1. The van der Waals surface area contributed by atoms with Gasteiger partial charge in [0.05, 0.1) is 12.4 Å². The minimum Gasteiger partial charge on any atom is -0.469 e. The number of hydrogen-bond donors (Lipinski definition) is 1. The maximum atomic E-state index is 10.00. The molecule has 2 aromatic rings. The maximum Gasteiger partial charge on any atom is 0.106 e. The summed E-state index contributed by atoms with van der Waals surface area (Å²) in [6.07, 6.45) is 2.69. The minimum absolute atomic E-state index is 0.489. The van der Waals surface area contributed by atoms with Gasteiger partial charge in [0.15, 0.2) is 0 Å². The summed E-state index contributed by atoms with van der Waals surface area (Å²) in [4.78, 5) is 0. The fourth-order valence-corrected chi connectivity index (χ4v) is 1.71. The van der Waals surface area contributed by atoms with Crippen molar-refractivity contribution in [2.45, 2.75) is 25.9 Å². The van der Waals surface area contributed by atoms with E-state index in [0.29, 0.717) is 6.42 Å². The van der Waals surface area contributed by atoms with Crippen LogP contribution in [-0.4, -0.2) is 5.11 Å². The quantitative estimate of drug-likeness (QED) is 0.851. The van der Waals surface area contributed by atoms with E-state index in [-0.39, 0.29) is 0 Å². The molecule has 1 N–H and O–H groups in total. The van der Waals surface area contributed by atoms with E-state index in [1.54, 1.807) is 6.26 Å². The molecular formula is C14H16O2. The topological polar surface area (TPSA) is 33.4 Å². The van der Waals surface area contributed by atoms with Crippen molar-refractivity contribution in [2.24, 2.45) is 0 Å². The van der Waals surface area contributed by atoms with Crippen LogP contribution in [-0.2, 0) is 12.8 Å². The predicted molar refractivity (Wildman–Crippen MR) is 63.2 cm³/mol. The Morgan fingerprint density at radius 3 is 2.50 bits per heavy atom. The van der Waals surface area contributed by atoms with E-state index >= 15 is 0 Å². The Kier molecular flexibility index (Phi) is 3.42. The molecule has 0 spiro atoms. The molecule has 2 nitrogen and oxygen atoms in total. The molecule has 1 aromatic carbocycles. The van der Waals surface area contributed by atoms with Crippen molar-refractivity contribution in [3.8, 4) is 0 Å². The van der Waals surface area contributed by atoms with Crippen LogP contribution in [0.5, 0.6) is 0 Å². The molecule has 2 rings (SSSR count). The minimum atomic E-state index is -0.489. The fourth-order valence-electron chi connectivity index (χ4n) is 1.71. The number of aliphatic hydroxyl groups is 1. The van der Waals surface area contributed by atoms with Gasteiger partial charge in [-0.05, 0) is 29.7 Å². The first kappa shape index (κ1) is 11.0. The molecule has 0 amide bonds. The van der Waals surface area contributed by atoms with Crippen molar-refractivity contribution in [1.82, 2.24) is 0 Å². The van der Waals surface area contributed by atoms with E-state index < -0.39 is 6.10 Å². The molecule has 0 aliphatic heterocycles. The zero-order valence-electron chi connectivity index (χ0n) is 9.39. The van der Waals surface area contributed by atoms with Crippen LogP contribution in [0, 0.1) is 0 Å². The van der Waals surface area contributed by atoms with E-state index in [0.717, 1.165) is 17.7 Å². The Labute approximate surface area is 95.5 Å². The monoisotopic (exact) mass is 216 g/mol. The predicted octanol–water partition coefficient (Wildman–Crippen LogP) is 3.12. The Morgan fingerprint density at radius 2 is 1.94 bits per heavy atom. The van der Waals surface area contributed by atoms with Gasteiger partial charge in [-0.25, -0.2) is 0 Å².